The van der Waals surface area contributed by atoms with Crippen LogP contribution in [0.4, 0.5) is 0 Å². The molecule has 132 valence electrons. The fraction of sp³-hybridized carbons (Fsp3) is 0.812. The van der Waals surface area contributed by atoms with E-state index in [0.29, 0.717) is 24.5 Å². The first-order chi connectivity index (χ1) is 10.6. The highest BCUT2D eigenvalue weighted by Gasteiger charge is 2.35. The third-order valence-corrected chi connectivity index (χ3v) is 4.17. The topological polar surface area (TPSA) is 82.1 Å². The molecule has 1 saturated heterocycles. The van der Waals surface area contributed by atoms with Crippen LogP contribution in [0.1, 0.15) is 59.8 Å². The summed E-state index contributed by atoms with van der Waals surface area (Å²) in [5.74, 6) is -1.61. The van der Waals surface area contributed by atoms with Crippen LogP contribution in [0, 0.1) is 0 Å². The maximum Gasteiger partial charge on any atom is 0.336 e. The van der Waals surface area contributed by atoms with Gasteiger partial charge in [-0.2, -0.15) is 0 Å². The summed E-state index contributed by atoms with van der Waals surface area (Å²) in [6.07, 6.45) is 1.40. The molecule has 2 amide bonds. The van der Waals surface area contributed by atoms with Gasteiger partial charge < -0.3 is 14.3 Å². The van der Waals surface area contributed by atoms with Gasteiger partial charge in [-0.25, -0.2) is 4.79 Å². The minimum atomic E-state index is -0.716. The SMILES string of the molecule is CCC(C)(CC(=O)ON1C(=O)CCC1=O)OCCC(C)(C)OC. The van der Waals surface area contributed by atoms with Crippen LogP contribution in [0.3, 0.4) is 0 Å². The first-order valence-electron chi connectivity index (χ1n) is 7.88. The zero-order chi connectivity index (χ0) is 17.7. The zero-order valence-corrected chi connectivity index (χ0v) is 14.6. The van der Waals surface area contributed by atoms with E-state index in [-0.39, 0.29) is 24.9 Å². The van der Waals surface area contributed by atoms with Crippen molar-refractivity contribution in [3.63, 3.8) is 0 Å². The number of carbonyl (C=O) groups excluding carboxylic acids is 3. The second-order valence-corrected chi connectivity index (χ2v) is 6.59. The molecule has 0 aliphatic carbocycles. The minimum Gasteiger partial charge on any atom is -0.379 e. The number of hydroxylamine groups is 2. The third kappa shape index (κ3) is 5.91. The molecular weight excluding hydrogens is 302 g/mol. The average Bonchev–Trinajstić information content (AvgIpc) is 2.78. The summed E-state index contributed by atoms with van der Waals surface area (Å²) in [7, 11) is 1.64. The van der Waals surface area contributed by atoms with E-state index in [4.69, 9.17) is 14.3 Å². The summed E-state index contributed by atoms with van der Waals surface area (Å²) in [5.41, 5.74) is -1.02. The van der Waals surface area contributed by atoms with Gasteiger partial charge in [-0.1, -0.05) is 6.92 Å². The fourth-order valence-corrected chi connectivity index (χ4v) is 2.02. The lowest BCUT2D eigenvalue weighted by molar-refractivity contribution is -0.201. The Morgan fingerprint density at radius 3 is 2.22 bits per heavy atom. The van der Waals surface area contributed by atoms with Gasteiger partial charge in [0.05, 0.1) is 24.2 Å². The largest absolute Gasteiger partial charge is 0.379 e. The van der Waals surface area contributed by atoms with Gasteiger partial charge in [0.25, 0.3) is 11.8 Å². The Labute approximate surface area is 137 Å². The summed E-state index contributed by atoms with van der Waals surface area (Å²) in [6, 6.07) is 0. The molecular formula is C16H27NO6. The van der Waals surface area contributed by atoms with Crippen molar-refractivity contribution in [2.24, 2.45) is 0 Å². The Bertz CT molecular complexity index is 445. The minimum absolute atomic E-state index is 0.0338. The Morgan fingerprint density at radius 1 is 1.17 bits per heavy atom. The monoisotopic (exact) mass is 329 g/mol. The molecule has 0 saturated carbocycles. The highest BCUT2D eigenvalue weighted by Crippen LogP contribution is 2.24. The number of imide groups is 1. The van der Waals surface area contributed by atoms with Crippen LogP contribution in [0.2, 0.25) is 0 Å². The number of amides is 2. The van der Waals surface area contributed by atoms with Crippen molar-refractivity contribution < 1.29 is 28.7 Å². The molecule has 0 bridgehead atoms. The Balaban J connectivity index is 2.51. The molecule has 7 heteroatoms. The molecule has 1 rings (SSSR count). The molecule has 1 heterocycles. The highest BCUT2D eigenvalue weighted by molar-refractivity contribution is 6.01. The molecule has 0 radical (unpaired) electrons. The molecule has 23 heavy (non-hydrogen) atoms. The van der Waals surface area contributed by atoms with Gasteiger partial charge in [0, 0.05) is 20.0 Å². The van der Waals surface area contributed by atoms with Gasteiger partial charge in [0.2, 0.25) is 0 Å². The van der Waals surface area contributed by atoms with Gasteiger partial charge in [0.15, 0.2) is 0 Å². The summed E-state index contributed by atoms with van der Waals surface area (Å²) in [5, 5.41) is 0.562. The second-order valence-electron chi connectivity index (χ2n) is 6.59. The van der Waals surface area contributed by atoms with Crippen molar-refractivity contribution in [3.05, 3.63) is 0 Å². The third-order valence-electron chi connectivity index (χ3n) is 4.17. The van der Waals surface area contributed by atoms with Crippen molar-refractivity contribution in [2.75, 3.05) is 13.7 Å². The Hall–Kier alpha value is -1.47. The average molecular weight is 329 g/mol. The number of rotatable bonds is 9. The van der Waals surface area contributed by atoms with Crippen molar-refractivity contribution in [3.8, 4) is 0 Å². The molecule has 0 spiro atoms. The van der Waals surface area contributed by atoms with Crippen molar-refractivity contribution >= 4 is 17.8 Å². The van der Waals surface area contributed by atoms with Crippen LogP contribution < -0.4 is 0 Å². The van der Waals surface area contributed by atoms with Gasteiger partial charge in [-0.15, -0.1) is 5.06 Å². The fourth-order valence-electron chi connectivity index (χ4n) is 2.02. The molecule has 0 N–H and O–H groups in total. The normalized spacial score (nSPS) is 18.2. The van der Waals surface area contributed by atoms with Crippen LogP contribution in [0.5, 0.6) is 0 Å². The van der Waals surface area contributed by atoms with Crippen LogP contribution in [0.25, 0.3) is 0 Å². The van der Waals surface area contributed by atoms with E-state index in [1.54, 1.807) is 7.11 Å². The molecule has 0 aromatic heterocycles. The van der Waals surface area contributed by atoms with E-state index >= 15 is 0 Å². The van der Waals surface area contributed by atoms with Gasteiger partial charge in [0.1, 0.15) is 0 Å². The number of ether oxygens (including phenoxy) is 2. The standard InChI is InChI=1S/C16H27NO6/c1-6-16(4,22-10-9-15(2,3)21-5)11-14(20)23-17-12(18)7-8-13(17)19/h6-11H2,1-5H3. The lowest BCUT2D eigenvalue weighted by atomic mass is 9.98. The molecule has 1 fully saturated rings. The van der Waals surface area contributed by atoms with Crippen molar-refractivity contribution in [1.29, 1.82) is 0 Å². The lowest BCUT2D eigenvalue weighted by Gasteiger charge is -2.30. The summed E-state index contributed by atoms with van der Waals surface area (Å²) < 4.78 is 11.2. The number of methoxy groups -OCH3 is 1. The maximum atomic E-state index is 12.0. The first kappa shape index (κ1) is 19.6. The van der Waals surface area contributed by atoms with Crippen LogP contribution >= 0.6 is 0 Å². The van der Waals surface area contributed by atoms with E-state index in [1.165, 1.54) is 0 Å². The van der Waals surface area contributed by atoms with Gasteiger partial charge in [-0.3, -0.25) is 9.59 Å². The van der Waals surface area contributed by atoms with Gasteiger partial charge >= 0.3 is 5.97 Å². The van der Waals surface area contributed by atoms with E-state index in [1.807, 2.05) is 27.7 Å². The maximum absolute atomic E-state index is 12.0. The highest BCUT2D eigenvalue weighted by atomic mass is 16.7. The zero-order valence-electron chi connectivity index (χ0n) is 14.6. The van der Waals surface area contributed by atoms with Crippen molar-refractivity contribution in [1.82, 2.24) is 5.06 Å². The number of hydrogen-bond acceptors (Lipinski definition) is 6. The molecule has 1 atom stereocenters. The van der Waals surface area contributed by atoms with Crippen LogP contribution in [-0.4, -0.2) is 47.8 Å². The van der Waals surface area contributed by atoms with Crippen LogP contribution in [0.15, 0.2) is 0 Å². The molecule has 1 aliphatic heterocycles. The summed E-state index contributed by atoms with van der Waals surface area (Å²) in [4.78, 5) is 39.8. The summed E-state index contributed by atoms with van der Waals surface area (Å²) in [6.45, 7) is 8.06. The predicted molar refractivity (Wildman–Crippen MR) is 82.1 cm³/mol. The van der Waals surface area contributed by atoms with E-state index < -0.39 is 23.4 Å². The Kier molecular flexibility index (Phi) is 6.70. The Morgan fingerprint density at radius 2 is 1.74 bits per heavy atom. The molecule has 7 nitrogen and oxygen atoms in total. The predicted octanol–water partition coefficient (Wildman–Crippen LogP) is 1.98. The first-order valence-corrected chi connectivity index (χ1v) is 7.88. The number of hydrogen-bond donors (Lipinski definition) is 0. The number of nitrogens with zero attached hydrogens (tertiary/aromatic N) is 1. The van der Waals surface area contributed by atoms with E-state index in [0.717, 1.165) is 0 Å². The molecule has 1 aliphatic rings. The van der Waals surface area contributed by atoms with E-state index in [2.05, 4.69) is 0 Å². The molecule has 0 aromatic rings. The lowest BCUT2D eigenvalue weighted by Crippen LogP contribution is -2.38. The molecule has 1 unspecified atom stereocenters. The second kappa shape index (κ2) is 7.88. The smallest absolute Gasteiger partial charge is 0.336 e. The van der Waals surface area contributed by atoms with Gasteiger partial charge in [-0.05, 0) is 33.6 Å². The van der Waals surface area contributed by atoms with Crippen molar-refractivity contribution in [2.45, 2.75) is 71.0 Å². The van der Waals surface area contributed by atoms with Crippen LogP contribution in [-0.2, 0) is 28.7 Å². The number of carbonyl (C=O) groups is 3. The summed E-state index contributed by atoms with van der Waals surface area (Å²) >= 11 is 0. The van der Waals surface area contributed by atoms with E-state index in [9.17, 15) is 14.4 Å². The molecule has 0 aromatic carbocycles. The quantitative estimate of drug-likeness (QED) is 0.602.